The standard InChI is InChI=1S/C14H20N2O2/c1-3-4-7-15-14(17)13-9-10-8-11(18-2)5-6-12(10)16-13/h5-6,8,13,16H,3-4,7,9H2,1-2H3,(H,15,17). The average molecular weight is 248 g/mol. The van der Waals surface area contributed by atoms with Crippen molar-refractivity contribution in [3.05, 3.63) is 23.8 Å². The Morgan fingerprint density at radius 2 is 2.39 bits per heavy atom. The summed E-state index contributed by atoms with van der Waals surface area (Å²) in [4.78, 5) is 11.9. The highest BCUT2D eigenvalue weighted by Crippen LogP contribution is 2.29. The van der Waals surface area contributed by atoms with Crippen LogP contribution in [-0.2, 0) is 11.2 Å². The highest BCUT2D eigenvalue weighted by Gasteiger charge is 2.26. The molecular weight excluding hydrogens is 228 g/mol. The number of anilines is 1. The van der Waals surface area contributed by atoms with Crippen LogP contribution in [0.5, 0.6) is 5.75 Å². The van der Waals surface area contributed by atoms with E-state index in [-0.39, 0.29) is 11.9 Å². The Bertz CT molecular complexity index is 432. The summed E-state index contributed by atoms with van der Waals surface area (Å²) in [6, 6.07) is 5.71. The number of amides is 1. The fourth-order valence-corrected chi connectivity index (χ4v) is 2.14. The zero-order valence-electron chi connectivity index (χ0n) is 11.0. The highest BCUT2D eigenvalue weighted by atomic mass is 16.5. The second kappa shape index (κ2) is 5.76. The van der Waals surface area contributed by atoms with E-state index in [1.165, 1.54) is 0 Å². The molecule has 1 aromatic carbocycles. The van der Waals surface area contributed by atoms with Gasteiger partial charge >= 0.3 is 0 Å². The first kappa shape index (κ1) is 12.7. The van der Waals surface area contributed by atoms with Crippen LogP contribution >= 0.6 is 0 Å². The molecule has 0 saturated heterocycles. The van der Waals surface area contributed by atoms with Gasteiger partial charge in [-0.15, -0.1) is 0 Å². The molecule has 0 radical (unpaired) electrons. The van der Waals surface area contributed by atoms with E-state index in [1.54, 1.807) is 7.11 Å². The summed E-state index contributed by atoms with van der Waals surface area (Å²) in [6.07, 6.45) is 2.85. The molecule has 0 saturated carbocycles. The van der Waals surface area contributed by atoms with Crippen molar-refractivity contribution < 1.29 is 9.53 Å². The number of rotatable bonds is 5. The maximum absolute atomic E-state index is 11.9. The van der Waals surface area contributed by atoms with Crippen LogP contribution in [0, 0.1) is 0 Å². The van der Waals surface area contributed by atoms with Gasteiger partial charge in [0.05, 0.1) is 7.11 Å². The molecule has 2 N–H and O–H groups in total. The zero-order valence-corrected chi connectivity index (χ0v) is 11.0. The van der Waals surface area contributed by atoms with Gasteiger partial charge in [-0.2, -0.15) is 0 Å². The van der Waals surface area contributed by atoms with E-state index in [4.69, 9.17) is 4.74 Å². The number of unbranched alkanes of at least 4 members (excludes halogenated alkanes) is 1. The lowest BCUT2D eigenvalue weighted by Gasteiger charge is -2.11. The Labute approximate surface area is 108 Å². The van der Waals surface area contributed by atoms with E-state index in [1.807, 2.05) is 18.2 Å². The van der Waals surface area contributed by atoms with Crippen molar-refractivity contribution in [3.63, 3.8) is 0 Å². The summed E-state index contributed by atoms with van der Waals surface area (Å²) in [6.45, 7) is 2.87. The van der Waals surface area contributed by atoms with Gasteiger partial charge in [-0.05, 0) is 30.2 Å². The maximum atomic E-state index is 11.9. The molecule has 1 amide bonds. The number of hydrogen-bond donors (Lipinski definition) is 2. The van der Waals surface area contributed by atoms with E-state index in [0.717, 1.165) is 42.8 Å². The summed E-state index contributed by atoms with van der Waals surface area (Å²) in [7, 11) is 1.65. The molecule has 2 rings (SSSR count). The van der Waals surface area contributed by atoms with Gasteiger partial charge in [0.25, 0.3) is 0 Å². The maximum Gasteiger partial charge on any atom is 0.242 e. The first-order valence-corrected chi connectivity index (χ1v) is 6.45. The molecule has 1 aliphatic rings. The number of hydrogen-bond acceptors (Lipinski definition) is 3. The molecule has 0 aliphatic carbocycles. The minimum Gasteiger partial charge on any atom is -0.497 e. The van der Waals surface area contributed by atoms with Crippen LogP contribution in [0.3, 0.4) is 0 Å². The van der Waals surface area contributed by atoms with Crippen molar-refractivity contribution in [2.75, 3.05) is 19.0 Å². The third-order valence-corrected chi connectivity index (χ3v) is 3.21. The molecule has 1 unspecified atom stereocenters. The minimum absolute atomic E-state index is 0.0821. The second-order valence-corrected chi connectivity index (χ2v) is 4.57. The van der Waals surface area contributed by atoms with Crippen molar-refractivity contribution in [1.82, 2.24) is 5.32 Å². The SMILES string of the molecule is CCCCNC(=O)C1Cc2cc(OC)ccc2N1. The number of carbonyl (C=O) groups is 1. The van der Waals surface area contributed by atoms with Gasteiger partial charge in [0.2, 0.25) is 5.91 Å². The normalized spacial score (nSPS) is 16.9. The first-order chi connectivity index (χ1) is 8.74. The quantitative estimate of drug-likeness (QED) is 0.783. The van der Waals surface area contributed by atoms with Crippen molar-refractivity contribution in [2.24, 2.45) is 0 Å². The van der Waals surface area contributed by atoms with Gasteiger partial charge in [-0.3, -0.25) is 4.79 Å². The number of carbonyl (C=O) groups excluding carboxylic acids is 1. The zero-order chi connectivity index (χ0) is 13.0. The summed E-state index contributed by atoms with van der Waals surface area (Å²) in [5.41, 5.74) is 2.18. The molecule has 0 spiro atoms. The molecule has 1 heterocycles. The third-order valence-electron chi connectivity index (χ3n) is 3.21. The lowest BCUT2D eigenvalue weighted by molar-refractivity contribution is -0.121. The van der Waals surface area contributed by atoms with Crippen LogP contribution < -0.4 is 15.4 Å². The van der Waals surface area contributed by atoms with Gasteiger partial charge in [0, 0.05) is 18.7 Å². The number of fused-ring (bicyclic) bond motifs is 1. The Hall–Kier alpha value is -1.71. The summed E-state index contributed by atoms with van der Waals surface area (Å²) < 4.78 is 5.19. The fourth-order valence-electron chi connectivity index (χ4n) is 2.14. The first-order valence-electron chi connectivity index (χ1n) is 6.45. The predicted octanol–water partition coefficient (Wildman–Crippen LogP) is 1.95. The lowest BCUT2D eigenvalue weighted by Crippen LogP contribution is -2.38. The van der Waals surface area contributed by atoms with E-state index in [2.05, 4.69) is 17.6 Å². The Morgan fingerprint density at radius 3 is 3.11 bits per heavy atom. The number of ether oxygens (including phenoxy) is 1. The van der Waals surface area contributed by atoms with Crippen molar-refractivity contribution in [3.8, 4) is 5.75 Å². The monoisotopic (exact) mass is 248 g/mol. The number of methoxy groups -OCH3 is 1. The van der Waals surface area contributed by atoms with Crippen molar-refractivity contribution in [1.29, 1.82) is 0 Å². The van der Waals surface area contributed by atoms with Crippen LogP contribution in [-0.4, -0.2) is 25.6 Å². The molecule has 98 valence electrons. The third kappa shape index (κ3) is 2.75. The van der Waals surface area contributed by atoms with Crippen molar-refractivity contribution >= 4 is 11.6 Å². The molecule has 4 heteroatoms. The van der Waals surface area contributed by atoms with E-state index < -0.39 is 0 Å². The molecule has 0 fully saturated rings. The second-order valence-electron chi connectivity index (χ2n) is 4.57. The molecular formula is C14H20N2O2. The predicted molar refractivity (Wildman–Crippen MR) is 72.0 cm³/mol. The fraction of sp³-hybridized carbons (Fsp3) is 0.500. The van der Waals surface area contributed by atoms with Gasteiger partial charge in [-0.25, -0.2) is 0 Å². The molecule has 0 bridgehead atoms. The lowest BCUT2D eigenvalue weighted by atomic mass is 10.1. The van der Waals surface area contributed by atoms with Crippen molar-refractivity contribution in [2.45, 2.75) is 32.2 Å². The smallest absolute Gasteiger partial charge is 0.242 e. The van der Waals surface area contributed by atoms with Gasteiger partial charge in [0.15, 0.2) is 0 Å². The van der Waals surface area contributed by atoms with Crippen LogP contribution in [0.2, 0.25) is 0 Å². The van der Waals surface area contributed by atoms with Crippen LogP contribution in [0.15, 0.2) is 18.2 Å². The molecule has 1 aliphatic heterocycles. The molecule has 1 atom stereocenters. The average Bonchev–Trinajstić information content (AvgIpc) is 2.81. The summed E-state index contributed by atoms with van der Waals surface area (Å²) >= 11 is 0. The van der Waals surface area contributed by atoms with Gasteiger partial charge < -0.3 is 15.4 Å². The van der Waals surface area contributed by atoms with Gasteiger partial charge in [0.1, 0.15) is 11.8 Å². The van der Waals surface area contributed by atoms with Gasteiger partial charge in [-0.1, -0.05) is 13.3 Å². The summed E-state index contributed by atoms with van der Waals surface area (Å²) in [5, 5.41) is 6.20. The largest absolute Gasteiger partial charge is 0.497 e. The minimum atomic E-state index is -0.149. The van der Waals surface area contributed by atoms with E-state index >= 15 is 0 Å². The molecule has 4 nitrogen and oxygen atoms in total. The Morgan fingerprint density at radius 1 is 1.56 bits per heavy atom. The van der Waals surface area contributed by atoms with E-state index in [9.17, 15) is 4.79 Å². The van der Waals surface area contributed by atoms with Crippen LogP contribution in [0.1, 0.15) is 25.3 Å². The van der Waals surface area contributed by atoms with Crippen LogP contribution in [0.4, 0.5) is 5.69 Å². The Kier molecular flexibility index (Phi) is 4.07. The highest BCUT2D eigenvalue weighted by molar-refractivity contribution is 5.87. The topological polar surface area (TPSA) is 50.4 Å². The van der Waals surface area contributed by atoms with E-state index in [0.29, 0.717) is 0 Å². The molecule has 1 aromatic rings. The molecule has 18 heavy (non-hydrogen) atoms. The Balaban J connectivity index is 1.94. The number of nitrogens with one attached hydrogen (secondary N) is 2. The number of benzene rings is 1. The van der Waals surface area contributed by atoms with Crippen LogP contribution in [0.25, 0.3) is 0 Å². The summed E-state index contributed by atoms with van der Waals surface area (Å²) in [5.74, 6) is 0.918. The molecule has 0 aromatic heterocycles.